The fraction of sp³-hybridized carbons (Fsp3) is 0.353. The number of nitrogens with one attached hydrogen (secondary N) is 3. The van der Waals surface area contributed by atoms with Gasteiger partial charge in [0.25, 0.3) is 5.91 Å². The van der Waals surface area contributed by atoms with E-state index in [-0.39, 0.29) is 11.9 Å². The first kappa shape index (κ1) is 17.2. The van der Waals surface area contributed by atoms with Crippen molar-refractivity contribution < 1.29 is 9.59 Å². The van der Waals surface area contributed by atoms with E-state index in [1.807, 2.05) is 13.0 Å². The number of hydrogen-bond acceptors (Lipinski definition) is 6. The average Bonchev–Trinajstić information content (AvgIpc) is 2.87. The molecule has 1 aromatic carbocycles. The Morgan fingerprint density at radius 2 is 2.20 bits per heavy atom. The van der Waals surface area contributed by atoms with Gasteiger partial charge in [-0.2, -0.15) is 4.37 Å². The zero-order valence-electron chi connectivity index (χ0n) is 14.0. The van der Waals surface area contributed by atoms with Gasteiger partial charge in [0.05, 0.1) is 16.9 Å². The van der Waals surface area contributed by atoms with Crippen LogP contribution in [0.2, 0.25) is 0 Å². The van der Waals surface area contributed by atoms with E-state index < -0.39 is 5.91 Å². The molecule has 1 aliphatic heterocycles. The van der Waals surface area contributed by atoms with Crippen molar-refractivity contribution in [3.63, 3.8) is 0 Å². The summed E-state index contributed by atoms with van der Waals surface area (Å²) in [6, 6.07) is 6.85. The summed E-state index contributed by atoms with van der Waals surface area (Å²) in [6.07, 6.45) is 2.75. The third kappa shape index (κ3) is 4.27. The number of aryl methyl sites for hydroxylation is 1. The van der Waals surface area contributed by atoms with Gasteiger partial charge in [0, 0.05) is 12.2 Å². The lowest BCUT2D eigenvalue weighted by atomic mass is 10.1. The number of carbonyl (C=O) groups is 2. The highest BCUT2D eigenvalue weighted by Crippen LogP contribution is 2.28. The van der Waals surface area contributed by atoms with Crippen LogP contribution in [0.5, 0.6) is 0 Å². The van der Waals surface area contributed by atoms with E-state index >= 15 is 0 Å². The van der Waals surface area contributed by atoms with Crippen LogP contribution in [-0.2, 0) is 4.79 Å². The number of nitrogens with zero attached hydrogens (tertiary/aromatic N) is 1. The molecule has 5 N–H and O–H groups in total. The van der Waals surface area contributed by atoms with E-state index in [4.69, 9.17) is 5.73 Å². The van der Waals surface area contributed by atoms with Crippen LogP contribution in [0.25, 0.3) is 0 Å². The van der Waals surface area contributed by atoms with Gasteiger partial charge in [-0.25, -0.2) is 0 Å². The van der Waals surface area contributed by atoms with Crippen LogP contribution in [-0.4, -0.2) is 28.8 Å². The molecule has 1 atom stereocenters. The Kier molecular flexibility index (Phi) is 5.18. The van der Waals surface area contributed by atoms with Crippen molar-refractivity contribution in [1.82, 2.24) is 9.69 Å². The maximum absolute atomic E-state index is 12.1. The van der Waals surface area contributed by atoms with Crippen LogP contribution < -0.4 is 21.7 Å². The molecule has 1 aromatic heterocycles. The quantitative estimate of drug-likeness (QED) is 0.655. The average molecular weight is 359 g/mol. The molecule has 0 unspecified atom stereocenters. The molecule has 132 valence electrons. The van der Waals surface area contributed by atoms with E-state index in [0.717, 1.165) is 42.2 Å². The molecule has 1 saturated heterocycles. The molecule has 1 fully saturated rings. The van der Waals surface area contributed by atoms with Gasteiger partial charge in [0.2, 0.25) is 5.91 Å². The first-order valence-electron chi connectivity index (χ1n) is 8.21. The summed E-state index contributed by atoms with van der Waals surface area (Å²) < 4.78 is 4.22. The van der Waals surface area contributed by atoms with Crippen molar-refractivity contribution in [3.8, 4) is 0 Å². The van der Waals surface area contributed by atoms with Gasteiger partial charge in [-0.3, -0.25) is 9.59 Å². The molecule has 0 spiro atoms. The lowest BCUT2D eigenvalue weighted by Gasteiger charge is -2.18. The number of hydrogen-bond donors (Lipinski definition) is 4. The lowest BCUT2D eigenvalue weighted by molar-refractivity contribution is -0.121. The third-order valence-corrected chi connectivity index (χ3v) is 4.84. The van der Waals surface area contributed by atoms with Gasteiger partial charge in [0.15, 0.2) is 0 Å². The minimum atomic E-state index is -0.512. The van der Waals surface area contributed by atoms with E-state index in [0.29, 0.717) is 11.3 Å². The van der Waals surface area contributed by atoms with Gasteiger partial charge in [-0.05, 0) is 62.0 Å². The lowest BCUT2D eigenvalue weighted by Crippen LogP contribution is -2.37. The molecular weight excluding hydrogens is 338 g/mol. The Labute approximate surface area is 150 Å². The molecule has 8 heteroatoms. The highest BCUT2D eigenvalue weighted by atomic mass is 32.1. The number of aromatic nitrogens is 1. The molecule has 2 amide bonds. The molecule has 0 radical (unpaired) electrons. The molecule has 1 aliphatic rings. The van der Waals surface area contributed by atoms with Crippen LogP contribution in [0.3, 0.4) is 0 Å². The minimum Gasteiger partial charge on any atom is -0.374 e. The summed E-state index contributed by atoms with van der Waals surface area (Å²) in [5.74, 6) is -0.508. The van der Waals surface area contributed by atoms with Crippen molar-refractivity contribution in [1.29, 1.82) is 0 Å². The largest absolute Gasteiger partial charge is 0.374 e. The Morgan fingerprint density at radius 3 is 2.92 bits per heavy atom. The monoisotopic (exact) mass is 359 g/mol. The standard InChI is InChI=1S/C17H21N5O2S/c1-10-8-15(25-22-10)21-14-9-11(5-6-12(14)16(18)23)20-13-4-2-3-7-19-17(13)24/h5-6,8-9,13,20-21H,2-4,7H2,1H3,(H2,18,23)(H,19,24)/t13-/m0/s1. The third-order valence-electron chi connectivity index (χ3n) is 4.05. The van der Waals surface area contributed by atoms with E-state index in [1.54, 1.807) is 18.2 Å². The topological polar surface area (TPSA) is 109 Å². The molecular formula is C17H21N5O2S. The van der Waals surface area contributed by atoms with E-state index in [9.17, 15) is 9.59 Å². The van der Waals surface area contributed by atoms with Gasteiger partial charge in [-0.15, -0.1) is 0 Å². The second-order valence-corrected chi connectivity index (χ2v) is 6.87. The number of rotatable bonds is 5. The molecule has 7 nitrogen and oxygen atoms in total. The molecule has 0 bridgehead atoms. The highest BCUT2D eigenvalue weighted by molar-refractivity contribution is 7.10. The molecule has 3 rings (SSSR count). The number of anilines is 3. The fourth-order valence-electron chi connectivity index (χ4n) is 2.79. The van der Waals surface area contributed by atoms with Crippen molar-refractivity contribution in [3.05, 3.63) is 35.5 Å². The maximum Gasteiger partial charge on any atom is 0.250 e. The summed E-state index contributed by atoms with van der Waals surface area (Å²) in [4.78, 5) is 23.8. The summed E-state index contributed by atoms with van der Waals surface area (Å²) in [7, 11) is 0. The SMILES string of the molecule is Cc1cc(Nc2cc(N[C@H]3CCCCNC3=O)ccc2C(N)=O)sn1. The van der Waals surface area contributed by atoms with E-state index in [1.165, 1.54) is 11.5 Å². The predicted molar refractivity (Wildman–Crippen MR) is 99.4 cm³/mol. The Balaban J connectivity index is 1.84. The molecule has 0 saturated carbocycles. The molecule has 0 aliphatic carbocycles. The number of nitrogens with two attached hydrogens (primary N) is 1. The van der Waals surface area contributed by atoms with Crippen molar-refractivity contribution >= 4 is 39.7 Å². The van der Waals surface area contributed by atoms with Gasteiger partial charge in [-0.1, -0.05) is 0 Å². The minimum absolute atomic E-state index is 0.00377. The van der Waals surface area contributed by atoms with E-state index in [2.05, 4.69) is 20.3 Å². The summed E-state index contributed by atoms with van der Waals surface area (Å²) in [5, 5.41) is 10.2. The highest BCUT2D eigenvalue weighted by Gasteiger charge is 2.21. The molecule has 25 heavy (non-hydrogen) atoms. The summed E-state index contributed by atoms with van der Waals surface area (Å²) >= 11 is 1.31. The van der Waals surface area contributed by atoms with Gasteiger partial charge < -0.3 is 21.7 Å². The predicted octanol–water partition coefficient (Wildman–Crippen LogP) is 2.37. The second kappa shape index (κ2) is 7.52. The molecule has 2 heterocycles. The van der Waals surface area contributed by atoms with Crippen LogP contribution in [0, 0.1) is 6.92 Å². The van der Waals surface area contributed by atoms with Crippen molar-refractivity contribution in [2.45, 2.75) is 32.2 Å². The molecule has 2 aromatic rings. The number of primary amides is 1. The van der Waals surface area contributed by atoms with Crippen molar-refractivity contribution in [2.75, 3.05) is 17.2 Å². The zero-order valence-corrected chi connectivity index (χ0v) is 14.8. The van der Waals surface area contributed by atoms with Crippen LogP contribution in [0.15, 0.2) is 24.3 Å². The first-order chi connectivity index (χ1) is 12.0. The fourth-order valence-corrected chi connectivity index (χ4v) is 3.46. The number of amides is 2. The number of benzene rings is 1. The van der Waals surface area contributed by atoms with Gasteiger partial charge >= 0.3 is 0 Å². The van der Waals surface area contributed by atoms with Crippen LogP contribution in [0.1, 0.15) is 35.3 Å². The van der Waals surface area contributed by atoms with Crippen molar-refractivity contribution in [2.24, 2.45) is 5.73 Å². The van der Waals surface area contributed by atoms with Gasteiger partial charge in [0.1, 0.15) is 11.0 Å². The summed E-state index contributed by atoms with van der Waals surface area (Å²) in [5.41, 5.74) is 8.12. The Hall–Kier alpha value is -2.61. The van der Waals surface area contributed by atoms with Crippen LogP contribution >= 0.6 is 11.5 Å². The summed E-state index contributed by atoms with van der Waals surface area (Å²) in [6.45, 7) is 2.62. The Bertz CT molecular complexity index is 789. The first-order valence-corrected chi connectivity index (χ1v) is 8.99. The second-order valence-electron chi connectivity index (χ2n) is 6.07. The smallest absolute Gasteiger partial charge is 0.250 e. The van der Waals surface area contributed by atoms with Crippen LogP contribution in [0.4, 0.5) is 16.4 Å². The maximum atomic E-state index is 12.1. The normalized spacial score (nSPS) is 17.5. The zero-order chi connectivity index (χ0) is 17.8. The Morgan fingerprint density at radius 1 is 1.36 bits per heavy atom. The number of carbonyl (C=O) groups excluding carboxylic acids is 2.